The highest BCUT2D eigenvalue weighted by molar-refractivity contribution is 8.26. The van der Waals surface area contributed by atoms with Crippen molar-refractivity contribution in [2.45, 2.75) is 19.4 Å². The number of aliphatic carboxylic acids is 1. The zero-order valence-electron chi connectivity index (χ0n) is 17.2. The number of thiocarbonyl (C=S) groups is 1. The second-order valence-electron chi connectivity index (χ2n) is 7.31. The Morgan fingerprint density at radius 3 is 2.47 bits per heavy atom. The molecular weight excluding hydrogens is 442 g/mol. The Bertz CT molecular complexity index is 1170. The number of nitrogens with zero attached hydrogens (tertiary/aromatic N) is 3. The van der Waals surface area contributed by atoms with Gasteiger partial charge < -0.3 is 5.11 Å². The lowest BCUT2D eigenvalue weighted by Gasteiger charge is -2.13. The van der Waals surface area contributed by atoms with Crippen molar-refractivity contribution in [2.24, 2.45) is 0 Å². The highest BCUT2D eigenvalue weighted by Gasteiger charge is 2.32. The molecule has 1 aliphatic rings. The largest absolute Gasteiger partial charge is 0.481 e. The molecule has 1 saturated heterocycles. The van der Waals surface area contributed by atoms with Crippen LogP contribution in [0.1, 0.15) is 24.0 Å². The van der Waals surface area contributed by atoms with Crippen molar-refractivity contribution >= 4 is 46.3 Å². The number of aromatic nitrogens is 2. The van der Waals surface area contributed by atoms with Crippen LogP contribution in [0.3, 0.4) is 0 Å². The molecule has 0 saturated carbocycles. The fourth-order valence-corrected chi connectivity index (χ4v) is 4.74. The maximum atomic E-state index is 12.9. The smallest absolute Gasteiger partial charge is 0.303 e. The summed E-state index contributed by atoms with van der Waals surface area (Å²) in [7, 11) is 0. The monoisotopic (exact) mass is 463 g/mol. The second kappa shape index (κ2) is 9.93. The third-order valence-corrected chi connectivity index (χ3v) is 6.33. The number of carboxylic acids is 1. The third kappa shape index (κ3) is 5.15. The lowest BCUT2D eigenvalue weighted by Crippen LogP contribution is -2.29. The van der Waals surface area contributed by atoms with Gasteiger partial charge in [0.15, 0.2) is 0 Å². The summed E-state index contributed by atoms with van der Waals surface area (Å²) in [5.74, 6) is -1.08. The number of amides is 1. The zero-order valence-corrected chi connectivity index (χ0v) is 18.8. The van der Waals surface area contributed by atoms with Crippen LogP contribution in [-0.4, -0.2) is 42.5 Å². The van der Waals surface area contributed by atoms with E-state index in [4.69, 9.17) is 22.4 Å². The topological polar surface area (TPSA) is 75.4 Å². The number of carboxylic acid groups (broad SMARTS) is 1. The Balaban J connectivity index is 1.63. The molecule has 6 nitrogen and oxygen atoms in total. The van der Waals surface area contributed by atoms with Gasteiger partial charge in [0, 0.05) is 30.3 Å². The van der Waals surface area contributed by atoms with Crippen molar-refractivity contribution in [3.63, 3.8) is 0 Å². The number of carbonyl (C=O) groups is 2. The SMILES string of the molecule is O=C(O)CCCN1C(=O)/C(=C\c2cn(Cc3ccccc3)nc2-c2ccccc2)SC1=S. The molecular formula is C24H21N3O3S2. The summed E-state index contributed by atoms with van der Waals surface area (Å²) in [5, 5.41) is 13.6. The highest BCUT2D eigenvalue weighted by atomic mass is 32.2. The van der Waals surface area contributed by atoms with Gasteiger partial charge in [0.1, 0.15) is 4.32 Å². The zero-order chi connectivity index (χ0) is 22.5. The Morgan fingerprint density at radius 2 is 1.78 bits per heavy atom. The maximum Gasteiger partial charge on any atom is 0.303 e. The van der Waals surface area contributed by atoms with Gasteiger partial charge in [-0.15, -0.1) is 0 Å². The van der Waals surface area contributed by atoms with Crippen LogP contribution in [0.5, 0.6) is 0 Å². The van der Waals surface area contributed by atoms with E-state index in [0.717, 1.165) is 22.4 Å². The van der Waals surface area contributed by atoms with Crippen LogP contribution in [0.4, 0.5) is 0 Å². The molecule has 0 radical (unpaired) electrons. The standard InChI is InChI=1S/C24H21N3O3S2/c28-21(29)12-7-13-27-23(30)20(32-24(27)31)14-19-16-26(15-17-8-3-1-4-9-17)25-22(19)18-10-5-2-6-11-18/h1-6,8-11,14,16H,7,12-13,15H2,(H,28,29)/b20-14+. The lowest BCUT2D eigenvalue weighted by molar-refractivity contribution is -0.137. The number of thioether (sulfide) groups is 1. The number of benzene rings is 2. The molecule has 1 aliphatic heterocycles. The fourth-order valence-electron chi connectivity index (χ4n) is 3.44. The van der Waals surface area contributed by atoms with Gasteiger partial charge in [0.25, 0.3) is 5.91 Å². The van der Waals surface area contributed by atoms with E-state index < -0.39 is 5.97 Å². The second-order valence-corrected chi connectivity index (χ2v) is 8.99. The van der Waals surface area contributed by atoms with Gasteiger partial charge in [-0.1, -0.05) is 84.6 Å². The number of carbonyl (C=O) groups excluding carboxylic acids is 1. The van der Waals surface area contributed by atoms with Gasteiger partial charge in [-0.25, -0.2) is 0 Å². The summed E-state index contributed by atoms with van der Waals surface area (Å²) in [5.41, 5.74) is 3.71. The molecule has 8 heteroatoms. The van der Waals surface area contributed by atoms with E-state index in [9.17, 15) is 9.59 Å². The Kier molecular flexibility index (Phi) is 6.82. The summed E-state index contributed by atoms with van der Waals surface area (Å²) in [6.07, 6.45) is 4.12. The number of rotatable bonds is 8. The van der Waals surface area contributed by atoms with E-state index in [0.29, 0.717) is 28.7 Å². The molecule has 1 aromatic heterocycles. The molecule has 4 rings (SSSR count). The molecule has 2 aromatic carbocycles. The fraction of sp³-hybridized carbons (Fsp3) is 0.167. The van der Waals surface area contributed by atoms with Crippen LogP contribution >= 0.6 is 24.0 Å². The Labute approximate surface area is 195 Å². The number of hydrogen-bond acceptors (Lipinski definition) is 5. The molecule has 2 heterocycles. The first kappa shape index (κ1) is 22.0. The highest BCUT2D eigenvalue weighted by Crippen LogP contribution is 2.34. The van der Waals surface area contributed by atoms with Gasteiger partial charge in [-0.3, -0.25) is 19.2 Å². The summed E-state index contributed by atoms with van der Waals surface area (Å²) in [6, 6.07) is 19.9. The molecule has 0 unspecified atom stereocenters. The number of hydrogen-bond donors (Lipinski definition) is 1. The van der Waals surface area contributed by atoms with Crippen LogP contribution < -0.4 is 0 Å². The average molecular weight is 464 g/mol. The molecule has 0 spiro atoms. The van der Waals surface area contributed by atoms with E-state index in [2.05, 4.69) is 0 Å². The van der Waals surface area contributed by atoms with Crippen molar-refractivity contribution < 1.29 is 14.7 Å². The summed E-state index contributed by atoms with van der Waals surface area (Å²) in [4.78, 5) is 25.7. The predicted octanol–water partition coefficient (Wildman–Crippen LogP) is 4.66. The van der Waals surface area contributed by atoms with E-state index in [1.165, 1.54) is 16.7 Å². The van der Waals surface area contributed by atoms with Crippen LogP contribution in [0.15, 0.2) is 71.8 Å². The van der Waals surface area contributed by atoms with Crippen LogP contribution in [0.25, 0.3) is 17.3 Å². The van der Waals surface area contributed by atoms with Crippen LogP contribution in [0, 0.1) is 0 Å². The molecule has 0 atom stereocenters. The van der Waals surface area contributed by atoms with Gasteiger partial charge >= 0.3 is 5.97 Å². The van der Waals surface area contributed by atoms with Crippen LogP contribution in [0.2, 0.25) is 0 Å². The summed E-state index contributed by atoms with van der Waals surface area (Å²) < 4.78 is 2.32. The van der Waals surface area contributed by atoms with E-state index in [1.54, 1.807) is 0 Å². The molecule has 0 aliphatic carbocycles. The quantitative estimate of drug-likeness (QED) is 0.387. The summed E-state index contributed by atoms with van der Waals surface area (Å²) >= 11 is 6.60. The minimum atomic E-state index is -0.885. The van der Waals surface area contributed by atoms with E-state index >= 15 is 0 Å². The van der Waals surface area contributed by atoms with Gasteiger partial charge in [-0.05, 0) is 18.1 Å². The molecule has 1 amide bonds. The van der Waals surface area contributed by atoms with Gasteiger partial charge in [0.05, 0.1) is 17.1 Å². The van der Waals surface area contributed by atoms with E-state index in [-0.39, 0.29) is 12.3 Å². The Morgan fingerprint density at radius 1 is 1.09 bits per heavy atom. The minimum absolute atomic E-state index is 0.000515. The molecule has 0 bridgehead atoms. The normalized spacial score (nSPS) is 15.0. The van der Waals surface area contributed by atoms with E-state index in [1.807, 2.05) is 77.6 Å². The maximum absolute atomic E-state index is 12.9. The first-order valence-corrected chi connectivity index (χ1v) is 11.4. The molecule has 162 valence electrons. The van der Waals surface area contributed by atoms with Gasteiger partial charge in [0.2, 0.25) is 0 Å². The predicted molar refractivity (Wildman–Crippen MR) is 130 cm³/mol. The minimum Gasteiger partial charge on any atom is -0.481 e. The molecule has 1 N–H and O–H groups in total. The first-order chi connectivity index (χ1) is 15.5. The van der Waals surface area contributed by atoms with Gasteiger partial charge in [-0.2, -0.15) is 5.10 Å². The van der Waals surface area contributed by atoms with Crippen molar-refractivity contribution in [1.29, 1.82) is 0 Å². The van der Waals surface area contributed by atoms with Crippen molar-refractivity contribution in [1.82, 2.24) is 14.7 Å². The first-order valence-electron chi connectivity index (χ1n) is 10.2. The molecule has 3 aromatic rings. The van der Waals surface area contributed by atoms with Crippen molar-refractivity contribution in [2.75, 3.05) is 6.54 Å². The van der Waals surface area contributed by atoms with Crippen molar-refractivity contribution in [3.8, 4) is 11.3 Å². The summed E-state index contributed by atoms with van der Waals surface area (Å²) in [6.45, 7) is 0.914. The van der Waals surface area contributed by atoms with Crippen LogP contribution in [-0.2, 0) is 16.1 Å². The van der Waals surface area contributed by atoms with Crippen molar-refractivity contribution in [3.05, 3.63) is 82.9 Å². The molecule has 1 fully saturated rings. The Hall–Kier alpha value is -3.23. The lowest BCUT2D eigenvalue weighted by atomic mass is 10.1. The molecule has 32 heavy (non-hydrogen) atoms. The average Bonchev–Trinajstić information content (AvgIpc) is 3.30. The third-order valence-electron chi connectivity index (χ3n) is 4.96.